The summed E-state index contributed by atoms with van der Waals surface area (Å²) < 4.78 is 7.89. The fraction of sp³-hybridized carbons (Fsp3) is 0.250. The summed E-state index contributed by atoms with van der Waals surface area (Å²) in [5.74, 6) is -4.10. The normalized spacial score (nSPS) is 18.8. The van der Waals surface area contributed by atoms with Gasteiger partial charge in [-0.15, -0.1) is 28.5 Å². The van der Waals surface area contributed by atoms with Crippen molar-refractivity contribution in [1.82, 2.24) is 30.7 Å². The van der Waals surface area contributed by atoms with Gasteiger partial charge in [0.05, 0.1) is 7.05 Å². The number of β-lactam (4-membered cyclic amide) rings is 1. The van der Waals surface area contributed by atoms with Crippen molar-refractivity contribution < 1.29 is 47.8 Å². The summed E-state index contributed by atoms with van der Waals surface area (Å²) in [5, 5.41) is 8.00. The van der Waals surface area contributed by atoms with Gasteiger partial charge in [0.2, 0.25) is 30.4 Å². The van der Waals surface area contributed by atoms with Crippen molar-refractivity contribution in [1.29, 1.82) is 0 Å². The molecule has 8 amide bonds. The Morgan fingerprint density at radius 2 is 1.49 bits per heavy atom. The molecule has 3 aliphatic heterocycles. The Labute approximate surface area is 370 Å². The predicted octanol–water partition coefficient (Wildman–Crippen LogP) is 1.99. The zero-order valence-corrected chi connectivity index (χ0v) is 35.8. The third-order valence-electron chi connectivity index (χ3n) is 10.7. The quantitative estimate of drug-likeness (QED) is 0.0283. The lowest BCUT2D eigenvalue weighted by Gasteiger charge is -2.57. The van der Waals surface area contributed by atoms with Crippen LogP contribution in [-0.2, 0) is 38.3 Å². The van der Waals surface area contributed by atoms with Crippen molar-refractivity contribution in [3.05, 3.63) is 143 Å². The standard InChI is InChI=1S/C44H42N8O9S2/c1-3-49-23-24-51(39(57)38(49)56)43(60)46-34(29-13-7-4-8-14-29)37(55)47-44(45-27-53)41(59)52-35(40(58)61-36(30-15-9-5-10-16-30)31-17-11-6-12-18-31)32(26-63-42(44)52)25-62-33-19-21-50(22-20-33)48(2)28-54/h4-22,27-28,34,36,42H,3,23-26H2,1-2H3,(H2-,45,46,47,53,55,60)/p+1/t34-,42-,44-/m1/s1. The van der Waals surface area contributed by atoms with Gasteiger partial charge in [0, 0.05) is 48.2 Å². The molecule has 4 heterocycles. The van der Waals surface area contributed by atoms with Crippen LogP contribution in [0.4, 0.5) is 4.79 Å². The molecule has 3 aromatic carbocycles. The number of nitrogens with zero attached hydrogens (tertiary/aromatic N) is 5. The van der Waals surface area contributed by atoms with Crippen LogP contribution in [0.15, 0.2) is 132 Å². The number of likely N-dealkylation sites (N-methyl/N-ethyl adjacent to an activating group) is 1. The lowest BCUT2D eigenvalue weighted by atomic mass is 9.94. The molecular weight excluding hydrogens is 849 g/mol. The highest BCUT2D eigenvalue weighted by Gasteiger charge is 2.66. The summed E-state index contributed by atoms with van der Waals surface area (Å²) in [6, 6.07) is 27.4. The summed E-state index contributed by atoms with van der Waals surface area (Å²) in [6.45, 7) is 1.97. The van der Waals surface area contributed by atoms with Gasteiger partial charge in [0.1, 0.15) is 17.1 Å². The molecule has 0 saturated carbocycles. The van der Waals surface area contributed by atoms with Crippen molar-refractivity contribution in [2.24, 2.45) is 0 Å². The van der Waals surface area contributed by atoms with E-state index in [0.29, 0.717) is 23.1 Å². The molecule has 0 unspecified atom stereocenters. The largest absolute Gasteiger partial charge is 0.448 e. The van der Waals surface area contributed by atoms with Crippen molar-refractivity contribution in [3.63, 3.8) is 0 Å². The van der Waals surface area contributed by atoms with Crippen LogP contribution in [0.2, 0.25) is 0 Å². The summed E-state index contributed by atoms with van der Waals surface area (Å²) in [7, 11) is 1.60. The van der Waals surface area contributed by atoms with Gasteiger partial charge in [-0.1, -0.05) is 95.7 Å². The fourth-order valence-corrected chi connectivity index (χ4v) is 9.81. The first-order valence-corrected chi connectivity index (χ1v) is 21.8. The predicted molar refractivity (Wildman–Crippen MR) is 230 cm³/mol. The fourth-order valence-electron chi connectivity index (χ4n) is 7.36. The van der Waals surface area contributed by atoms with Crippen LogP contribution in [0.3, 0.4) is 0 Å². The number of carbonyl (C=O) groups is 8. The maximum absolute atomic E-state index is 14.7. The molecule has 19 heteroatoms. The molecule has 2 saturated heterocycles. The number of rotatable bonds is 16. The van der Waals surface area contributed by atoms with E-state index in [-0.39, 0.29) is 48.8 Å². The lowest BCUT2D eigenvalue weighted by Crippen LogP contribution is -2.85. The van der Waals surface area contributed by atoms with Crippen LogP contribution in [-0.4, -0.2) is 112 Å². The zero-order chi connectivity index (χ0) is 44.7. The number of benzene rings is 3. The Kier molecular flexibility index (Phi) is 13.6. The van der Waals surface area contributed by atoms with E-state index in [1.165, 1.54) is 38.3 Å². The van der Waals surface area contributed by atoms with Gasteiger partial charge >= 0.3 is 23.8 Å². The number of pyridine rings is 1. The topological polar surface area (TPSA) is 199 Å². The van der Waals surface area contributed by atoms with Crippen LogP contribution in [0.5, 0.6) is 0 Å². The van der Waals surface area contributed by atoms with E-state index in [4.69, 9.17) is 4.74 Å². The molecule has 2 fully saturated rings. The first kappa shape index (κ1) is 44.1. The molecular formula is C44H43N8O9S2+. The summed E-state index contributed by atoms with van der Waals surface area (Å²) >= 11 is 2.58. The molecule has 4 aromatic rings. The van der Waals surface area contributed by atoms with Crippen molar-refractivity contribution in [2.75, 3.05) is 43.2 Å². The molecule has 3 N–H and O–H groups in total. The van der Waals surface area contributed by atoms with Gasteiger partial charge in [-0.05, 0) is 29.2 Å². The molecule has 0 aliphatic carbocycles. The first-order chi connectivity index (χ1) is 30.5. The number of aromatic nitrogens is 1. The molecule has 7 rings (SSSR count). The van der Waals surface area contributed by atoms with Gasteiger partial charge in [-0.25, -0.2) is 9.59 Å². The number of hydrogen-bond donors (Lipinski definition) is 3. The number of ether oxygens (including phenoxy) is 1. The number of thioether (sulfide) groups is 2. The average Bonchev–Trinajstić information content (AvgIpc) is 3.32. The van der Waals surface area contributed by atoms with E-state index < -0.39 is 58.8 Å². The molecule has 3 atom stereocenters. The highest BCUT2D eigenvalue weighted by Crippen LogP contribution is 2.47. The van der Waals surface area contributed by atoms with Crippen molar-refractivity contribution in [2.45, 2.75) is 35.0 Å². The van der Waals surface area contributed by atoms with Crippen LogP contribution < -0.4 is 25.6 Å². The first-order valence-electron chi connectivity index (χ1n) is 19.8. The average molecular weight is 892 g/mol. The maximum atomic E-state index is 14.7. The van der Waals surface area contributed by atoms with Gasteiger partial charge < -0.3 is 25.6 Å². The monoisotopic (exact) mass is 891 g/mol. The van der Waals surface area contributed by atoms with Crippen LogP contribution >= 0.6 is 23.5 Å². The summed E-state index contributed by atoms with van der Waals surface area (Å²) in [4.78, 5) is 111. The number of amides is 8. The third kappa shape index (κ3) is 9.01. The van der Waals surface area contributed by atoms with Crippen molar-refractivity contribution >= 4 is 72.0 Å². The Morgan fingerprint density at radius 1 is 0.889 bits per heavy atom. The SMILES string of the molecule is CCN1CCN(C(=O)N[C@@H](C(=O)N[C@]2(NC=O)C(=O)N3C(C(=O)OC(c4ccccc4)c4ccccc4)=C(CSc4cc[n+](N(C)C=O)cc4)CS[C@@H]32)c2ccccc2)C(=O)C1=O. The minimum absolute atomic E-state index is 0.0559. The summed E-state index contributed by atoms with van der Waals surface area (Å²) in [6.07, 6.45) is 3.46. The van der Waals surface area contributed by atoms with Crippen LogP contribution in [0.25, 0.3) is 0 Å². The van der Waals surface area contributed by atoms with Crippen molar-refractivity contribution in [3.8, 4) is 0 Å². The van der Waals surface area contributed by atoms with E-state index >= 15 is 0 Å². The highest BCUT2D eigenvalue weighted by molar-refractivity contribution is 8.01. The molecule has 0 radical (unpaired) electrons. The van der Waals surface area contributed by atoms with E-state index in [0.717, 1.165) is 9.80 Å². The van der Waals surface area contributed by atoms with Gasteiger partial charge in [0.15, 0.2) is 6.10 Å². The number of hydrogen-bond acceptors (Lipinski definition) is 11. The lowest BCUT2D eigenvalue weighted by molar-refractivity contribution is -0.679. The highest BCUT2D eigenvalue weighted by atomic mass is 32.2. The minimum atomic E-state index is -2.10. The second kappa shape index (κ2) is 19.4. The maximum Gasteiger partial charge on any atom is 0.356 e. The molecule has 324 valence electrons. The Balaban J connectivity index is 1.20. The molecule has 17 nitrogen and oxygen atoms in total. The molecule has 1 aromatic heterocycles. The van der Waals surface area contributed by atoms with Crippen LogP contribution in [0.1, 0.15) is 35.8 Å². The number of fused-ring (bicyclic) bond motifs is 1. The Bertz CT molecular complexity index is 2390. The number of imide groups is 1. The number of urea groups is 1. The molecule has 0 spiro atoms. The Morgan fingerprint density at radius 3 is 2.06 bits per heavy atom. The van der Waals surface area contributed by atoms with Gasteiger partial charge in [0.25, 0.3) is 12.3 Å². The van der Waals surface area contributed by atoms with Gasteiger partial charge in [-0.2, -0.15) is 0 Å². The molecule has 0 bridgehead atoms. The molecule has 63 heavy (non-hydrogen) atoms. The van der Waals surface area contributed by atoms with E-state index in [9.17, 15) is 38.4 Å². The second-order valence-corrected chi connectivity index (χ2v) is 16.6. The second-order valence-electron chi connectivity index (χ2n) is 14.5. The van der Waals surface area contributed by atoms with Crippen LogP contribution in [0, 0.1) is 0 Å². The zero-order valence-electron chi connectivity index (χ0n) is 34.1. The van der Waals surface area contributed by atoms with Gasteiger partial charge in [-0.3, -0.25) is 38.6 Å². The number of esters is 1. The van der Waals surface area contributed by atoms with E-state index in [1.54, 1.807) is 73.5 Å². The van der Waals surface area contributed by atoms with E-state index in [1.807, 2.05) is 60.7 Å². The smallest absolute Gasteiger partial charge is 0.356 e. The Hall–Kier alpha value is -6.99. The number of nitrogens with one attached hydrogen (secondary N) is 3. The number of carbonyl (C=O) groups excluding carboxylic acids is 8. The third-order valence-corrected chi connectivity index (χ3v) is 13.2. The number of piperazine rings is 1. The molecule has 3 aliphatic rings. The summed E-state index contributed by atoms with van der Waals surface area (Å²) in [5.41, 5.74) is 0.0269. The minimum Gasteiger partial charge on any atom is -0.448 e. The van der Waals surface area contributed by atoms with E-state index in [2.05, 4.69) is 16.0 Å².